The van der Waals surface area contributed by atoms with Crippen LogP contribution in [0.4, 0.5) is 5.69 Å². The molecular weight excluding hydrogens is 436 g/mol. The minimum absolute atomic E-state index is 0.0424. The van der Waals surface area contributed by atoms with Crippen molar-refractivity contribution in [3.8, 4) is 23.0 Å². The molecule has 34 heavy (non-hydrogen) atoms. The zero-order valence-electron chi connectivity index (χ0n) is 19.4. The molecule has 4 rings (SSSR count). The summed E-state index contributed by atoms with van der Waals surface area (Å²) in [7, 11) is 4.64. The van der Waals surface area contributed by atoms with Crippen LogP contribution in [0.5, 0.6) is 23.0 Å². The minimum Gasteiger partial charge on any atom is -0.493 e. The summed E-state index contributed by atoms with van der Waals surface area (Å²) < 4.78 is 22.3. The Kier molecular flexibility index (Phi) is 6.96. The topological polar surface area (TPSA) is 92.4 Å². The van der Waals surface area contributed by atoms with E-state index < -0.39 is 4.92 Å². The Labute approximate surface area is 197 Å². The highest BCUT2D eigenvalue weighted by atomic mass is 16.6. The molecule has 0 aliphatic carbocycles. The number of ether oxygens (including phenoxy) is 4. The molecule has 3 aromatic rings. The first kappa shape index (κ1) is 23.1. The van der Waals surface area contributed by atoms with Gasteiger partial charge in [0.25, 0.3) is 5.69 Å². The van der Waals surface area contributed by atoms with Gasteiger partial charge in [-0.15, -0.1) is 0 Å². The van der Waals surface area contributed by atoms with Gasteiger partial charge in [0.15, 0.2) is 23.0 Å². The molecule has 0 unspecified atom stereocenters. The molecule has 8 nitrogen and oxygen atoms in total. The van der Waals surface area contributed by atoms with Crippen molar-refractivity contribution in [2.45, 2.75) is 19.4 Å². The number of nitro groups is 1. The van der Waals surface area contributed by atoms with Crippen LogP contribution >= 0.6 is 0 Å². The van der Waals surface area contributed by atoms with E-state index in [1.807, 2.05) is 42.5 Å². The van der Waals surface area contributed by atoms with Crippen molar-refractivity contribution < 1.29 is 23.9 Å². The van der Waals surface area contributed by atoms with Crippen molar-refractivity contribution in [2.24, 2.45) is 4.99 Å². The Morgan fingerprint density at radius 2 is 1.59 bits per heavy atom. The number of rotatable bonds is 9. The standard InChI is InChI=1S/C26H26N2O6/c1-31-23-12-18-9-10-27-21(20(18)14-24(23)32-2)11-19-13-26(25(33-3)15-22(19)28(29)30)34-16-17-7-5-4-6-8-17/h4-8,12-15H,9-11,16H2,1-3H3. The molecule has 0 radical (unpaired) electrons. The second kappa shape index (κ2) is 10.2. The van der Waals surface area contributed by atoms with E-state index in [4.69, 9.17) is 18.9 Å². The molecule has 0 saturated carbocycles. The molecule has 0 fully saturated rings. The smallest absolute Gasteiger partial charge is 0.276 e. The van der Waals surface area contributed by atoms with Gasteiger partial charge in [-0.05, 0) is 35.7 Å². The summed E-state index contributed by atoms with van der Waals surface area (Å²) in [6.45, 7) is 0.911. The van der Waals surface area contributed by atoms with Gasteiger partial charge in [-0.25, -0.2) is 0 Å². The zero-order chi connectivity index (χ0) is 24.1. The molecule has 176 valence electrons. The molecule has 0 bridgehead atoms. The van der Waals surface area contributed by atoms with Crippen LogP contribution in [0, 0.1) is 10.1 Å². The number of nitro benzene ring substituents is 1. The van der Waals surface area contributed by atoms with Crippen molar-refractivity contribution >= 4 is 11.4 Å². The van der Waals surface area contributed by atoms with Gasteiger partial charge in [0.05, 0.1) is 32.3 Å². The van der Waals surface area contributed by atoms with Crippen LogP contribution in [0.25, 0.3) is 0 Å². The summed E-state index contributed by atoms with van der Waals surface area (Å²) in [6.07, 6.45) is 1.03. The molecule has 1 aliphatic rings. The van der Waals surface area contributed by atoms with Crippen molar-refractivity contribution in [3.05, 3.63) is 87.0 Å². The van der Waals surface area contributed by atoms with E-state index in [0.717, 1.165) is 28.8 Å². The summed E-state index contributed by atoms with van der Waals surface area (Å²) in [5.74, 6) is 1.99. The largest absolute Gasteiger partial charge is 0.493 e. The summed E-state index contributed by atoms with van der Waals surface area (Å²) in [6, 6.07) is 16.6. The predicted octanol–water partition coefficient (Wildman–Crippen LogP) is 4.79. The average Bonchev–Trinajstić information content (AvgIpc) is 2.87. The van der Waals surface area contributed by atoms with Gasteiger partial charge >= 0.3 is 0 Å². The summed E-state index contributed by atoms with van der Waals surface area (Å²) in [4.78, 5) is 16.2. The van der Waals surface area contributed by atoms with E-state index in [1.165, 1.54) is 13.2 Å². The first-order chi connectivity index (χ1) is 16.5. The van der Waals surface area contributed by atoms with Crippen LogP contribution in [-0.4, -0.2) is 38.5 Å². The number of fused-ring (bicyclic) bond motifs is 1. The van der Waals surface area contributed by atoms with Crippen LogP contribution in [-0.2, 0) is 19.4 Å². The van der Waals surface area contributed by atoms with Gasteiger partial charge in [0.2, 0.25) is 0 Å². The van der Waals surface area contributed by atoms with Crippen molar-refractivity contribution in [1.29, 1.82) is 0 Å². The Morgan fingerprint density at radius 3 is 2.26 bits per heavy atom. The predicted molar refractivity (Wildman–Crippen MR) is 129 cm³/mol. The number of benzene rings is 3. The fraction of sp³-hybridized carbons (Fsp3) is 0.269. The second-order valence-corrected chi connectivity index (χ2v) is 7.78. The van der Waals surface area contributed by atoms with Gasteiger partial charge in [-0.3, -0.25) is 15.1 Å². The van der Waals surface area contributed by atoms with Gasteiger partial charge in [0.1, 0.15) is 6.61 Å². The first-order valence-corrected chi connectivity index (χ1v) is 10.8. The van der Waals surface area contributed by atoms with Gasteiger partial charge in [0, 0.05) is 29.8 Å². The molecule has 0 saturated heterocycles. The summed E-state index contributed by atoms with van der Waals surface area (Å²) in [5.41, 5.74) is 4.16. The highest BCUT2D eigenvalue weighted by Crippen LogP contribution is 2.37. The molecule has 0 amide bonds. The maximum atomic E-state index is 11.9. The molecular formula is C26H26N2O6. The van der Waals surface area contributed by atoms with Gasteiger partial charge in [-0.1, -0.05) is 30.3 Å². The van der Waals surface area contributed by atoms with E-state index >= 15 is 0 Å². The third-order valence-corrected chi connectivity index (χ3v) is 5.76. The van der Waals surface area contributed by atoms with Gasteiger partial charge < -0.3 is 18.9 Å². The van der Waals surface area contributed by atoms with E-state index in [0.29, 0.717) is 41.7 Å². The zero-order valence-corrected chi connectivity index (χ0v) is 19.4. The Balaban J connectivity index is 1.70. The number of hydrogen-bond donors (Lipinski definition) is 0. The van der Waals surface area contributed by atoms with Crippen molar-refractivity contribution in [1.82, 2.24) is 0 Å². The molecule has 0 atom stereocenters. The van der Waals surface area contributed by atoms with Crippen molar-refractivity contribution in [2.75, 3.05) is 27.9 Å². The molecule has 0 aromatic heterocycles. The SMILES string of the molecule is COc1cc2c(cc1OC)C(Cc1cc(OCc3ccccc3)c(OC)cc1[N+](=O)[O-])=NCC2. The number of hydrogen-bond acceptors (Lipinski definition) is 7. The fourth-order valence-corrected chi connectivity index (χ4v) is 4.04. The Bertz CT molecular complexity index is 1220. The minimum atomic E-state index is -0.405. The third-order valence-electron chi connectivity index (χ3n) is 5.76. The Morgan fingerprint density at radius 1 is 0.912 bits per heavy atom. The van der Waals surface area contributed by atoms with Crippen LogP contribution in [0.15, 0.2) is 59.6 Å². The van der Waals surface area contributed by atoms with Crippen LogP contribution < -0.4 is 18.9 Å². The molecule has 1 heterocycles. The van der Waals surface area contributed by atoms with Gasteiger partial charge in [-0.2, -0.15) is 0 Å². The number of nitrogens with zero attached hydrogens (tertiary/aromatic N) is 2. The quantitative estimate of drug-likeness (QED) is 0.335. The molecule has 3 aromatic carbocycles. The number of methoxy groups -OCH3 is 3. The van der Waals surface area contributed by atoms with Crippen molar-refractivity contribution in [3.63, 3.8) is 0 Å². The second-order valence-electron chi connectivity index (χ2n) is 7.78. The maximum Gasteiger partial charge on any atom is 0.276 e. The number of aliphatic imine (C=N–C) groups is 1. The lowest BCUT2D eigenvalue weighted by Crippen LogP contribution is -2.16. The first-order valence-electron chi connectivity index (χ1n) is 10.8. The van der Waals surface area contributed by atoms with E-state index in [9.17, 15) is 10.1 Å². The molecule has 0 N–H and O–H groups in total. The molecule has 0 spiro atoms. The third kappa shape index (κ3) is 4.80. The van der Waals surface area contributed by atoms with E-state index in [-0.39, 0.29) is 12.1 Å². The van der Waals surface area contributed by atoms with E-state index in [1.54, 1.807) is 20.3 Å². The highest BCUT2D eigenvalue weighted by Gasteiger charge is 2.24. The maximum absolute atomic E-state index is 11.9. The normalized spacial score (nSPS) is 12.4. The summed E-state index contributed by atoms with van der Waals surface area (Å²) >= 11 is 0. The lowest BCUT2D eigenvalue weighted by atomic mass is 9.92. The monoisotopic (exact) mass is 462 g/mol. The molecule has 1 aliphatic heterocycles. The highest BCUT2D eigenvalue weighted by molar-refractivity contribution is 6.04. The van der Waals surface area contributed by atoms with Crippen LogP contribution in [0.3, 0.4) is 0 Å². The molecule has 8 heteroatoms. The fourth-order valence-electron chi connectivity index (χ4n) is 4.04. The van der Waals surface area contributed by atoms with E-state index in [2.05, 4.69) is 4.99 Å². The summed E-state index contributed by atoms with van der Waals surface area (Å²) in [5, 5.41) is 11.9. The Hall–Kier alpha value is -4.07. The van der Waals surface area contributed by atoms with Crippen LogP contribution in [0.2, 0.25) is 0 Å². The average molecular weight is 463 g/mol. The lowest BCUT2D eigenvalue weighted by Gasteiger charge is -2.20. The van der Waals surface area contributed by atoms with Crippen LogP contribution in [0.1, 0.15) is 22.3 Å². The lowest BCUT2D eigenvalue weighted by molar-refractivity contribution is -0.385.